The molecule has 0 atom stereocenters. The summed E-state index contributed by atoms with van der Waals surface area (Å²) in [5.41, 5.74) is 0.0773. The molecular formula is C14H16ClN5O3. The standard InChI is InChI=1S/C14H16ClN5O3/c1-18(2)5-6-19-9-11(8-16-19)17-14(21)12-4-3-10(15)7-13(12)20(22)23/h3-4,7-9H,5-6H2,1-2H3,(H,17,21). The lowest BCUT2D eigenvalue weighted by atomic mass is 10.1. The molecule has 23 heavy (non-hydrogen) atoms. The summed E-state index contributed by atoms with van der Waals surface area (Å²) in [6.07, 6.45) is 3.17. The highest BCUT2D eigenvalue weighted by molar-refractivity contribution is 6.31. The summed E-state index contributed by atoms with van der Waals surface area (Å²) in [6.45, 7) is 1.47. The van der Waals surface area contributed by atoms with Crippen LogP contribution in [0.3, 0.4) is 0 Å². The fourth-order valence-corrected chi connectivity index (χ4v) is 2.07. The summed E-state index contributed by atoms with van der Waals surface area (Å²) in [5.74, 6) is -0.583. The monoisotopic (exact) mass is 337 g/mol. The predicted octanol–water partition coefficient (Wildman–Crippen LogP) is 2.26. The van der Waals surface area contributed by atoms with E-state index in [1.54, 1.807) is 10.9 Å². The number of likely N-dealkylation sites (N-methyl/N-ethyl adjacent to an activating group) is 1. The second kappa shape index (κ2) is 7.21. The Labute approximate surface area is 137 Å². The molecule has 0 aliphatic rings. The molecule has 1 N–H and O–H groups in total. The Balaban J connectivity index is 2.12. The summed E-state index contributed by atoms with van der Waals surface area (Å²) < 4.78 is 1.69. The van der Waals surface area contributed by atoms with Gasteiger partial charge in [0.2, 0.25) is 0 Å². The number of nitrogens with zero attached hydrogens (tertiary/aromatic N) is 4. The molecule has 1 aromatic heterocycles. The number of carbonyl (C=O) groups excluding carboxylic acids is 1. The molecule has 9 heteroatoms. The van der Waals surface area contributed by atoms with E-state index >= 15 is 0 Å². The van der Waals surface area contributed by atoms with E-state index in [1.807, 2.05) is 19.0 Å². The van der Waals surface area contributed by atoms with Gasteiger partial charge >= 0.3 is 0 Å². The molecule has 2 aromatic rings. The minimum atomic E-state index is -0.638. The largest absolute Gasteiger partial charge is 0.319 e. The molecular weight excluding hydrogens is 322 g/mol. The Hall–Kier alpha value is -2.45. The first-order chi connectivity index (χ1) is 10.9. The highest BCUT2D eigenvalue weighted by atomic mass is 35.5. The third-order valence-corrected chi connectivity index (χ3v) is 3.30. The Bertz CT molecular complexity index is 729. The van der Waals surface area contributed by atoms with E-state index < -0.39 is 10.8 Å². The lowest BCUT2D eigenvalue weighted by molar-refractivity contribution is -0.385. The van der Waals surface area contributed by atoms with Crippen molar-refractivity contribution >= 4 is 28.9 Å². The van der Waals surface area contributed by atoms with Crippen LogP contribution in [0.25, 0.3) is 0 Å². The second-order valence-corrected chi connectivity index (χ2v) is 5.60. The normalized spacial score (nSPS) is 10.8. The van der Waals surface area contributed by atoms with Crippen molar-refractivity contribution in [3.8, 4) is 0 Å². The molecule has 0 spiro atoms. The fraction of sp³-hybridized carbons (Fsp3) is 0.286. The number of halogens is 1. The van der Waals surface area contributed by atoms with Crippen LogP contribution in [0.5, 0.6) is 0 Å². The minimum Gasteiger partial charge on any atom is -0.319 e. The molecule has 8 nitrogen and oxygen atoms in total. The van der Waals surface area contributed by atoms with Crippen molar-refractivity contribution in [2.75, 3.05) is 26.0 Å². The number of anilines is 1. The van der Waals surface area contributed by atoms with E-state index in [0.717, 1.165) is 12.6 Å². The zero-order chi connectivity index (χ0) is 17.0. The molecule has 0 bridgehead atoms. The van der Waals surface area contributed by atoms with Crippen molar-refractivity contribution in [3.63, 3.8) is 0 Å². The van der Waals surface area contributed by atoms with Gasteiger partial charge in [0.15, 0.2) is 0 Å². The fourth-order valence-electron chi connectivity index (χ4n) is 1.90. The van der Waals surface area contributed by atoms with Gasteiger partial charge in [-0.3, -0.25) is 19.6 Å². The van der Waals surface area contributed by atoms with Crippen molar-refractivity contribution in [1.82, 2.24) is 14.7 Å². The maximum Gasteiger partial charge on any atom is 0.283 e. The van der Waals surface area contributed by atoms with Crippen LogP contribution in [-0.2, 0) is 6.54 Å². The molecule has 0 saturated carbocycles. The van der Waals surface area contributed by atoms with Gasteiger partial charge in [-0.05, 0) is 26.2 Å². The topological polar surface area (TPSA) is 93.3 Å². The third-order valence-electron chi connectivity index (χ3n) is 3.07. The molecule has 0 aliphatic heterocycles. The molecule has 0 fully saturated rings. The average Bonchev–Trinajstić information content (AvgIpc) is 2.92. The first-order valence-corrected chi connectivity index (χ1v) is 7.17. The Morgan fingerprint density at radius 1 is 1.48 bits per heavy atom. The highest BCUT2D eigenvalue weighted by Crippen LogP contribution is 2.24. The lowest BCUT2D eigenvalue weighted by Gasteiger charge is -2.08. The first-order valence-electron chi connectivity index (χ1n) is 6.79. The first kappa shape index (κ1) is 16.9. The molecule has 1 amide bonds. The van der Waals surface area contributed by atoms with Gasteiger partial charge < -0.3 is 10.2 Å². The van der Waals surface area contributed by atoms with E-state index in [4.69, 9.17) is 11.6 Å². The zero-order valence-electron chi connectivity index (χ0n) is 12.7. The van der Waals surface area contributed by atoms with Gasteiger partial charge in [0, 0.05) is 23.8 Å². The quantitative estimate of drug-likeness (QED) is 0.644. The summed E-state index contributed by atoms with van der Waals surface area (Å²) in [4.78, 5) is 24.6. The number of hydrogen-bond acceptors (Lipinski definition) is 5. The smallest absolute Gasteiger partial charge is 0.283 e. The van der Waals surface area contributed by atoms with Crippen LogP contribution in [0.2, 0.25) is 5.02 Å². The van der Waals surface area contributed by atoms with Gasteiger partial charge in [0.1, 0.15) is 5.56 Å². The van der Waals surface area contributed by atoms with Crippen LogP contribution in [0.15, 0.2) is 30.6 Å². The number of benzene rings is 1. The second-order valence-electron chi connectivity index (χ2n) is 5.17. The van der Waals surface area contributed by atoms with Crippen molar-refractivity contribution in [2.45, 2.75) is 6.54 Å². The average molecular weight is 338 g/mol. The van der Waals surface area contributed by atoms with Gasteiger partial charge in [-0.25, -0.2) is 0 Å². The van der Waals surface area contributed by atoms with E-state index in [0.29, 0.717) is 12.2 Å². The lowest BCUT2D eigenvalue weighted by Crippen LogP contribution is -2.18. The maximum absolute atomic E-state index is 12.2. The summed E-state index contributed by atoms with van der Waals surface area (Å²) in [5, 5.41) is 18.0. The van der Waals surface area contributed by atoms with Crippen molar-refractivity contribution < 1.29 is 9.72 Å². The van der Waals surface area contributed by atoms with E-state index in [2.05, 4.69) is 10.4 Å². The number of rotatable bonds is 6. The molecule has 0 saturated heterocycles. The van der Waals surface area contributed by atoms with Gasteiger partial charge in [0.25, 0.3) is 11.6 Å². The molecule has 0 unspecified atom stereocenters. The van der Waals surface area contributed by atoms with Crippen molar-refractivity contribution in [1.29, 1.82) is 0 Å². The Morgan fingerprint density at radius 3 is 2.87 bits per heavy atom. The van der Waals surface area contributed by atoms with Crippen molar-refractivity contribution in [3.05, 3.63) is 51.3 Å². The van der Waals surface area contributed by atoms with Crippen LogP contribution in [0, 0.1) is 10.1 Å². The Morgan fingerprint density at radius 2 is 2.22 bits per heavy atom. The van der Waals surface area contributed by atoms with Gasteiger partial charge in [0.05, 0.1) is 23.4 Å². The van der Waals surface area contributed by atoms with Crippen LogP contribution in [-0.4, -0.2) is 46.2 Å². The maximum atomic E-state index is 12.2. The third kappa shape index (κ3) is 4.51. The molecule has 0 aliphatic carbocycles. The van der Waals surface area contributed by atoms with E-state index in [1.165, 1.54) is 18.3 Å². The summed E-state index contributed by atoms with van der Waals surface area (Å²) in [7, 11) is 3.90. The minimum absolute atomic E-state index is 0.0551. The highest BCUT2D eigenvalue weighted by Gasteiger charge is 2.21. The number of nitrogens with one attached hydrogen (secondary N) is 1. The number of amides is 1. The van der Waals surface area contributed by atoms with Gasteiger partial charge in [-0.1, -0.05) is 11.6 Å². The van der Waals surface area contributed by atoms with Crippen molar-refractivity contribution in [2.24, 2.45) is 0 Å². The van der Waals surface area contributed by atoms with E-state index in [-0.39, 0.29) is 16.3 Å². The van der Waals surface area contributed by atoms with Crippen LogP contribution < -0.4 is 5.32 Å². The van der Waals surface area contributed by atoms with Gasteiger partial charge in [-0.15, -0.1) is 0 Å². The number of aromatic nitrogens is 2. The SMILES string of the molecule is CN(C)CCn1cc(NC(=O)c2ccc(Cl)cc2[N+](=O)[O-])cn1. The number of carbonyl (C=O) groups is 1. The summed E-state index contributed by atoms with van der Waals surface area (Å²) in [6, 6.07) is 3.91. The van der Waals surface area contributed by atoms with Gasteiger partial charge in [-0.2, -0.15) is 5.10 Å². The summed E-state index contributed by atoms with van der Waals surface area (Å²) >= 11 is 5.74. The molecule has 122 valence electrons. The molecule has 2 rings (SSSR count). The molecule has 1 aromatic carbocycles. The van der Waals surface area contributed by atoms with Crippen LogP contribution in [0.1, 0.15) is 10.4 Å². The van der Waals surface area contributed by atoms with Crippen LogP contribution >= 0.6 is 11.6 Å². The predicted molar refractivity (Wildman–Crippen MR) is 86.8 cm³/mol. The van der Waals surface area contributed by atoms with Crippen LogP contribution in [0.4, 0.5) is 11.4 Å². The molecule has 1 heterocycles. The van der Waals surface area contributed by atoms with E-state index in [9.17, 15) is 14.9 Å². The molecule has 0 radical (unpaired) electrons. The number of hydrogen-bond donors (Lipinski definition) is 1. The zero-order valence-corrected chi connectivity index (χ0v) is 13.4. The number of nitro benzene ring substituents is 1. The Kier molecular flexibility index (Phi) is 5.30. The number of nitro groups is 1.